The van der Waals surface area contributed by atoms with Gasteiger partial charge in [0.05, 0.1) is 17.5 Å². The molecule has 2 aliphatic heterocycles. The molecule has 1 atom stereocenters. The van der Waals surface area contributed by atoms with Crippen molar-refractivity contribution < 1.29 is 31.2 Å². The normalized spacial score (nSPS) is 25.0. The number of hydrazone groups is 1. The predicted octanol–water partition coefficient (Wildman–Crippen LogP) is -0.170. The Labute approximate surface area is 124 Å². The van der Waals surface area contributed by atoms with Crippen molar-refractivity contribution in [2.45, 2.75) is 31.5 Å². The van der Waals surface area contributed by atoms with Gasteiger partial charge in [-0.3, -0.25) is 9.59 Å². The first-order valence-corrected chi connectivity index (χ1v) is 8.34. The van der Waals surface area contributed by atoms with Crippen molar-refractivity contribution in [1.29, 1.82) is 0 Å². The highest BCUT2D eigenvalue weighted by atomic mass is 32.2. The molecule has 0 aromatic carbocycles. The van der Waals surface area contributed by atoms with E-state index < -0.39 is 40.4 Å². The summed E-state index contributed by atoms with van der Waals surface area (Å²) < 4.78 is 59.1. The second kappa shape index (κ2) is 5.86. The molecule has 0 aromatic heterocycles. The van der Waals surface area contributed by atoms with Crippen molar-refractivity contribution in [1.82, 2.24) is 10.3 Å². The van der Waals surface area contributed by atoms with E-state index in [1.54, 1.807) is 5.32 Å². The third-order valence-corrected chi connectivity index (χ3v) is 5.08. The van der Waals surface area contributed by atoms with E-state index in [4.69, 9.17) is 0 Å². The smallest absolute Gasteiger partial charge is 0.342 e. The van der Waals surface area contributed by atoms with Crippen LogP contribution in [0.4, 0.5) is 13.2 Å². The minimum absolute atomic E-state index is 0.0709. The molecule has 7 nitrogen and oxygen atoms in total. The van der Waals surface area contributed by atoms with Gasteiger partial charge < -0.3 is 5.32 Å². The van der Waals surface area contributed by atoms with Gasteiger partial charge in [0.2, 0.25) is 5.91 Å². The molecular formula is C11H14F3N3O4S. The maximum atomic E-state index is 12.1. The van der Waals surface area contributed by atoms with Crippen LogP contribution in [0, 0.1) is 0 Å². The Morgan fingerprint density at radius 3 is 2.59 bits per heavy atom. The molecule has 1 saturated heterocycles. The third kappa shape index (κ3) is 4.18. The largest absolute Gasteiger partial charge is 0.405 e. The highest BCUT2D eigenvalue weighted by Gasteiger charge is 2.37. The molecule has 11 heteroatoms. The monoisotopic (exact) mass is 341 g/mol. The molecule has 2 heterocycles. The van der Waals surface area contributed by atoms with Crippen LogP contribution in [0.1, 0.15) is 19.3 Å². The van der Waals surface area contributed by atoms with Gasteiger partial charge in [0.15, 0.2) is 9.84 Å². The molecule has 0 bridgehead atoms. The number of nitrogens with one attached hydrogen (secondary N) is 1. The lowest BCUT2D eigenvalue weighted by Gasteiger charge is -2.27. The molecule has 22 heavy (non-hydrogen) atoms. The Hall–Kier alpha value is -1.65. The van der Waals surface area contributed by atoms with Crippen LogP contribution in [-0.2, 0) is 19.4 Å². The number of amides is 2. The van der Waals surface area contributed by atoms with E-state index in [1.807, 2.05) is 0 Å². The van der Waals surface area contributed by atoms with Crippen molar-refractivity contribution in [2.75, 3.05) is 18.1 Å². The summed E-state index contributed by atoms with van der Waals surface area (Å²) in [6, 6.07) is -0.664. The summed E-state index contributed by atoms with van der Waals surface area (Å²) in [7, 11) is -3.25. The van der Waals surface area contributed by atoms with Crippen LogP contribution in [0.2, 0.25) is 0 Å². The molecule has 2 aliphatic rings. The lowest BCUT2D eigenvalue weighted by Crippen LogP contribution is -2.45. The van der Waals surface area contributed by atoms with Crippen molar-refractivity contribution in [3.8, 4) is 0 Å². The summed E-state index contributed by atoms with van der Waals surface area (Å²) >= 11 is 0. The lowest BCUT2D eigenvalue weighted by molar-refractivity contribution is -0.136. The Balaban J connectivity index is 2.08. The fourth-order valence-electron chi connectivity index (χ4n) is 2.27. The van der Waals surface area contributed by atoms with Crippen LogP contribution in [-0.4, -0.2) is 61.2 Å². The van der Waals surface area contributed by atoms with Gasteiger partial charge in [-0.2, -0.15) is 18.3 Å². The summed E-state index contributed by atoms with van der Waals surface area (Å²) in [5, 5.41) is 6.38. The minimum atomic E-state index is -4.54. The topological polar surface area (TPSA) is 95.9 Å². The Morgan fingerprint density at radius 2 is 2.05 bits per heavy atom. The fourth-order valence-corrected chi connectivity index (χ4v) is 3.96. The summed E-state index contributed by atoms with van der Waals surface area (Å²) in [6.07, 6.45) is -4.50. The Kier molecular flexibility index (Phi) is 4.45. The molecule has 124 valence electrons. The standard InChI is InChI=1S/C11H14F3N3O4S/c12-11(13,14)6-15-10(19)8-1-2-9(18)17(16-8)7-3-4-22(20,21)5-7/h7H,1-6H2,(H,15,19)/t7-/m1/s1. The van der Waals surface area contributed by atoms with E-state index in [9.17, 15) is 31.2 Å². The number of alkyl halides is 3. The Bertz CT molecular complexity index is 615. The second-order valence-corrected chi connectivity index (χ2v) is 7.37. The van der Waals surface area contributed by atoms with E-state index in [1.165, 1.54) is 0 Å². The lowest BCUT2D eigenvalue weighted by atomic mass is 10.1. The fraction of sp³-hybridized carbons (Fsp3) is 0.727. The number of carbonyl (C=O) groups excluding carboxylic acids is 2. The highest BCUT2D eigenvalue weighted by Crippen LogP contribution is 2.22. The molecule has 0 spiro atoms. The zero-order valence-electron chi connectivity index (χ0n) is 11.4. The van der Waals surface area contributed by atoms with E-state index >= 15 is 0 Å². The molecule has 1 N–H and O–H groups in total. The van der Waals surface area contributed by atoms with Crippen molar-refractivity contribution in [2.24, 2.45) is 5.10 Å². The zero-order valence-corrected chi connectivity index (χ0v) is 12.2. The minimum Gasteiger partial charge on any atom is -0.342 e. The van der Waals surface area contributed by atoms with Crippen molar-refractivity contribution in [3.05, 3.63) is 0 Å². The maximum absolute atomic E-state index is 12.1. The van der Waals surface area contributed by atoms with Crippen LogP contribution < -0.4 is 5.32 Å². The summed E-state index contributed by atoms with van der Waals surface area (Å²) in [6.45, 7) is -1.49. The van der Waals surface area contributed by atoms with Crippen LogP contribution in [0.25, 0.3) is 0 Å². The van der Waals surface area contributed by atoms with E-state index in [0.29, 0.717) is 0 Å². The molecule has 1 fully saturated rings. The maximum Gasteiger partial charge on any atom is 0.405 e. The number of hydrogen-bond donors (Lipinski definition) is 1. The van der Waals surface area contributed by atoms with Crippen LogP contribution in [0.5, 0.6) is 0 Å². The molecular weight excluding hydrogens is 327 g/mol. The average molecular weight is 341 g/mol. The first-order chi connectivity index (χ1) is 10.1. The van der Waals surface area contributed by atoms with Crippen molar-refractivity contribution >= 4 is 27.4 Å². The van der Waals surface area contributed by atoms with Crippen molar-refractivity contribution in [3.63, 3.8) is 0 Å². The SMILES string of the molecule is O=C(NCC(F)(F)F)C1=NN([C@@H]2CCS(=O)(=O)C2)C(=O)CC1. The molecule has 0 unspecified atom stereocenters. The van der Waals surface area contributed by atoms with Crippen LogP contribution >= 0.6 is 0 Å². The summed E-state index contributed by atoms with van der Waals surface area (Å²) in [5.41, 5.74) is -0.201. The van der Waals surface area contributed by atoms with Crippen LogP contribution in [0.15, 0.2) is 5.10 Å². The van der Waals surface area contributed by atoms with Gasteiger partial charge in [-0.15, -0.1) is 0 Å². The molecule has 2 amide bonds. The first-order valence-electron chi connectivity index (χ1n) is 6.52. The van der Waals surface area contributed by atoms with Gasteiger partial charge >= 0.3 is 6.18 Å². The van der Waals surface area contributed by atoms with E-state index in [2.05, 4.69) is 5.10 Å². The highest BCUT2D eigenvalue weighted by molar-refractivity contribution is 7.91. The third-order valence-electron chi connectivity index (χ3n) is 3.33. The van der Waals surface area contributed by atoms with Gasteiger partial charge in [0, 0.05) is 12.8 Å². The first kappa shape index (κ1) is 16.7. The average Bonchev–Trinajstić information content (AvgIpc) is 2.76. The molecule has 0 aliphatic carbocycles. The quantitative estimate of drug-likeness (QED) is 0.771. The van der Waals surface area contributed by atoms with Gasteiger partial charge in [-0.05, 0) is 6.42 Å². The van der Waals surface area contributed by atoms with Gasteiger partial charge in [-0.1, -0.05) is 0 Å². The number of rotatable bonds is 3. The molecule has 0 aromatic rings. The second-order valence-electron chi connectivity index (χ2n) is 5.14. The number of sulfone groups is 1. The zero-order chi connectivity index (χ0) is 16.5. The summed E-state index contributed by atoms with van der Waals surface area (Å²) in [5.74, 6) is -1.77. The Morgan fingerprint density at radius 1 is 1.36 bits per heavy atom. The number of halogens is 3. The number of nitrogens with zero attached hydrogens (tertiary/aromatic N) is 2. The number of carbonyl (C=O) groups is 2. The van der Waals surface area contributed by atoms with Gasteiger partial charge in [0.25, 0.3) is 5.91 Å². The van der Waals surface area contributed by atoms with Crippen LogP contribution in [0.3, 0.4) is 0 Å². The predicted molar refractivity (Wildman–Crippen MR) is 69.6 cm³/mol. The molecule has 0 radical (unpaired) electrons. The van der Waals surface area contributed by atoms with Gasteiger partial charge in [0.1, 0.15) is 12.3 Å². The van der Waals surface area contributed by atoms with E-state index in [0.717, 1.165) is 5.01 Å². The molecule has 0 saturated carbocycles. The van der Waals surface area contributed by atoms with Gasteiger partial charge in [-0.25, -0.2) is 13.4 Å². The van der Waals surface area contributed by atoms with E-state index in [-0.39, 0.29) is 36.5 Å². The molecule has 2 rings (SSSR count). The summed E-state index contributed by atoms with van der Waals surface area (Å²) in [4.78, 5) is 23.4. The number of hydrogen-bond acceptors (Lipinski definition) is 5.